The number of hydrogen-bond acceptors (Lipinski definition) is 1. The lowest BCUT2D eigenvalue weighted by atomic mass is 10.1. The van der Waals surface area contributed by atoms with E-state index in [4.69, 9.17) is 5.73 Å². The molecule has 70 valence electrons. The molecule has 3 heteroatoms. The molecule has 13 heavy (non-hydrogen) atoms. The van der Waals surface area contributed by atoms with E-state index in [9.17, 15) is 4.79 Å². The molecule has 1 aromatic rings. The molecule has 0 radical (unpaired) electrons. The van der Waals surface area contributed by atoms with E-state index in [1.165, 1.54) is 5.56 Å². The third-order valence-corrected chi connectivity index (χ3v) is 2.73. The van der Waals surface area contributed by atoms with Crippen LogP contribution in [-0.4, -0.2) is 5.91 Å². The molecule has 0 aromatic heterocycles. The average Bonchev–Trinajstić information content (AvgIpc) is 2.04. The van der Waals surface area contributed by atoms with Gasteiger partial charge in [0.2, 0.25) is 5.91 Å². The molecule has 0 saturated heterocycles. The highest BCUT2D eigenvalue weighted by Crippen LogP contribution is 2.15. The molecule has 1 aromatic carbocycles. The van der Waals surface area contributed by atoms with Crippen LogP contribution in [0, 0.1) is 3.57 Å². The maximum Gasteiger partial charge on any atom is 0.249 e. The van der Waals surface area contributed by atoms with E-state index in [-0.39, 0.29) is 5.91 Å². The number of benzene rings is 1. The maximum atomic E-state index is 10.9. The second kappa shape index (κ2) is 4.60. The fourth-order valence-corrected chi connectivity index (χ4v) is 2.05. The number of aryl methyl sites for hydroxylation is 1. The Morgan fingerprint density at radius 2 is 2.23 bits per heavy atom. The van der Waals surface area contributed by atoms with E-state index in [2.05, 4.69) is 29.5 Å². The highest BCUT2D eigenvalue weighted by atomic mass is 127. The zero-order valence-corrected chi connectivity index (χ0v) is 9.67. The number of nitrogens with two attached hydrogens (primary N) is 1. The van der Waals surface area contributed by atoms with Crippen LogP contribution in [-0.2, 0) is 6.42 Å². The van der Waals surface area contributed by atoms with Gasteiger partial charge in [-0.1, -0.05) is 19.4 Å². The molecule has 1 rings (SSSR count). The highest BCUT2D eigenvalue weighted by molar-refractivity contribution is 14.1. The quantitative estimate of drug-likeness (QED) is 0.853. The Bertz CT molecular complexity index is 323. The lowest BCUT2D eigenvalue weighted by Crippen LogP contribution is -2.12. The summed E-state index contributed by atoms with van der Waals surface area (Å²) < 4.78 is 0.941. The van der Waals surface area contributed by atoms with Crippen LogP contribution in [0.2, 0.25) is 0 Å². The molecule has 2 nitrogen and oxygen atoms in total. The van der Waals surface area contributed by atoms with Crippen molar-refractivity contribution in [1.29, 1.82) is 0 Å². The van der Waals surface area contributed by atoms with Crippen LogP contribution in [0.1, 0.15) is 29.3 Å². The van der Waals surface area contributed by atoms with Crippen molar-refractivity contribution in [2.45, 2.75) is 19.8 Å². The van der Waals surface area contributed by atoms with Gasteiger partial charge in [0, 0.05) is 3.57 Å². The maximum absolute atomic E-state index is 10.9. The summed E-state index contributed by atoms with van der Waals surface area (Å²) >= 11 is 2.14. The van der Waals surface area contributed by atoms with Crippen LogP contribution >= 0.6 is 22.6 Å². The number of primary amides is 1. The van der Waals surface area contributed by atoms with Crippen LogP contribution in [0.4, 0.5) is 0 Å². The van der Waals surface area contributed by atoms with Crippen molar-refractivity contribution >= 4 is 28.5 Å². The number of amides is 1. The molecular weight excluding hydrogens is 277 g/mol. The van der Waals surface area contributed by atoms with Gasteiger partial charge in [0.05, 0.1) is 5.56 Å². The molecule has 0 aliphatic carbocycles. The first kappa shape index (κ1) is 10.5. The van der Waals surface area contributed by atoms with Crippen molar-refractivity contribution in [1.82, 2.24) is 0 Å². The van der Waals surface area contributed by atoms with Crippen LogP contribution in [0.5, 0.6) is 0 Å². The molecule has 0 saturated carbocycles. The Labute approximate surface area is 91.7 Å². The minimum absolute atomic E-state index is 0.354. The molecule has 0 heterocycles. The smallest absolute Gasteiger partial charge is 0.249 e. The van der Waals surface area contributed by atoms with Gasteiger partial charge in [0.1, 0.15) is 0 Å². The molecule has 0 spiro atoms. The van der Waals surface area contributed by atoms with Crippen LogP contribution in [0.25, 0.3) is 0 Å². The Kier molecular flexibility index (Phi) is 3.71. The number of hydrogen-bond donors (Lipinski definition) is 1. The topological polar surface area (TPSA) is 43.1 Å². The molecule has 0 aliphatic rings. The van der Waals surface area contributed by atoms with Crippen LogP contribution < -0.4 is 5.73 Å². The molecule has 2 N–H and O–H groups in total. The van der Waals surface area contributed by atoms with Gasteiger partial charge in [-0.3, -0.25) is 4.79 Å². The summed E-state index contributed by atoms with van der Waals surface area (Å²) in [5.74, 6) is -0.354. The lowest BCUT2D eigenvalue weighted by Gasteiger charge is -2.03. The Morgan fingerprint density at radius 3 is 2.69 bits per heavy atom. The average molecular weight is 289 g/mol. The second-order valence-electron chi connectivity index (χ2n) is 2.93. The number of carbonyl (C=O) groups excluding carboxylic acids is 1. The van der Waals surface area contributed by atoms with Crippen molar-refractivity contribution in [2.75, 3.05) is 0 Å². The first-order chi connectivity index (χ1) is 6.15. The minimum Gasteiger partial charge on any atom is -0.366 e. The summed E-state index contributed by atoms with van der Waals surface area (Å²) in [5, 5.41) is 0. The van der Waals surface area contributed by atoms with Gasteiger partial charge in [-0.15, -0.1) is 0 Å². The predicted octanol–water partition coefficient (Wildman–Crippen LogP) is 2.34. The van der Waals surface area contributed by atoms with Crippen LogP contribution in [0.15, 0.2) is 18.2 Å². The van der Waals surface area contributed by atoms with E-state index < -0.39 is 0 Å². The standard InChI is InChI=1S/C10H12INO/c1-2-3-7-4-5-8(10(12)13)9(11)6-7/h4-6H,2-3H2,1H3,(H2,12,13). The predicted molar refractivity (Wildman–Crippen MR) is 61.7 cm³/mol. The monoisotopic (exact) mass is 289 g/mol. The fraction of sp³-hybridized carbons (Fsp3) is 0.300. The van der Waals surface area contributed by atoms with E-state index >= 15 is 0 Å². The van der Waals surface area contributed by atoms with Crippen molar-refractivity contribution in [3.63, 3.8) is 0 Å². The van der Waals surface area contributed by atoms with E-state index in [0.717, 1.165) is 16.4 Å². The van der Waals surface area contributed by atoms with E-state index in [1.807, 2.05) is 12.1 Å². The van der Waals surface area contributed by atoms with Gasteiger partial charge >= 0.3 is 0 Å². The molecule has 0 aliphatic heterocycles. The molecule has 0 bridgehead atoms. The number of halogens is 1. The van der Waals surface area contributed by atoms with Gasteiger partial charge in [-0.2, -0.15) is 0 Å². The van der Waals surface area contributed by atoms with E-state index in [1.54, 1.807) is 6.07 Å². The fourth-order valence-electron chi connectivity index (χ4n) is 1.20. The summed E-state index contributed by atoms with van der Waals surface area (Å²) in [5.41, 5.74) is 7.07. The highest BCUT2D eigenvalue weighted by Gasteiger charge is 2.05. The summed E-state index contributed by atoms with van der Waals surface area (Å²) in [6.45, 7) is 2.13. The first-order valence-electron chi connectivity index (χ1n) is 4.23. The lowest BCUT2D eigenvalue weighted by molar-refractivity contribution is 0.0999. The number of rotatable bonds is 3. The normalized spacial score (nSPS) is 10.0. The summed E-state index contributed by atoms with van der Waals surface area (Å²) in [6.07, 6.45) is 2.17. The molecule has 0 atom stereocenters. The second-order valence-corrected chi connectivity index (χ2v) is 4.09. The molecule has 1 amide bonds. The first-order valence-corrected chi connectivity index (χ1v) is 5.31. The van der Waals surface area contributed by atoms with Gasteiger partial charge in [-0.05, 0) is 46.7 Å². The van der Waals surface area contributed by atoms with Crippen molar-refractivity contribution in [3.8, 4) is 0 Å². The third kappa shape index (κ3) is 2.69. The summed E-state index contributed by atoms with van der Waals surface area (Å²) in [7, 11) is 0. The zero-order valence-electron chi connectivity index (χ0n) is 7.51. The van der Waals surface area contributed by atoms with E-state index in [0.29, 0.717) is 5.56 Å². The zero-order chi connectivity index (χ0) is 9.84. The SMILES string of the molecule is CCCc1ccc(C(N)=O)c(I)c1. The number of carbonyl (C=O) groups is 1. The molecule has 0 fully saturated rings. The Hall–Kier alpha value is -0.580. The summed E-state index contributed by atoms with van der Waals surface area (Å²) in [4.78, 5) is 10.9. The largest absolute Gasteiger partial charge is 0.366 e. The van der Waals surface area contributed by atoms with Crippen LogP contribution in [0.3, 0.4) is 0 Å². The Morgan fingerprint density at radius 1 is 1.54 bits per heavy atom. The summed E-state index contributed by atoms with van der Waals surface area (Å²) in [6, 6.07) is 5.78. The van der Waals surface area contributed by atoms with Gasteiger partial charge in [-0.25, -0.2) is 0 Å². The van der Waals surface area contributed by atoms with Gasteiger partial charge in [0.25, 0.3) is 0 Å². The van der Waals surface area contributed by atoms with Crippen molar-refractivity contribution in [2.24, 2.45) is 5.73 Å². The third-order valence-electron chi connectivity index (χ3n) is 1.84. The Balaban J connectivity index is 2.98. The molecular formula is C10H12INO. The van der Waals surface area contributed by atoms with Crippen molar-refractivity contribution < 1.29 is 4.79 Å². The van der Waals surface area contributed by atoms with Crippen molar-refractivity contribution in [3.05, 3.63) is 32.9 Å². The van der Waals surface area contributed by atoms with Gasteiger partial charge in [0.15, 0.2) is 0 Å². The molecule has 0 unspecified atom stereocenters. The van der Waals surface area contributed by atoms with Gasteiger partial charge < -0.3 is 5.73 Å². The minimum atomic E-state index is -0.354.